The maximum atomic E-state index is 15.0. The smallest absolute Gasteiger partial charge is 0.445 e. The third kappa shape index (κ3) is 7.07. The fourth-order valence-electron chi connectivity index (χ4n) is 3.28. The highest BCUT2D eigenvalue weighted by Gasteiger charge is 2.52. The largest absolute Gasteiger partial charge is 0.497 e. The number of ether oxygens (including phenoxy) is 1. The molecule has 1 saturated heterocycles. The van der Waals surface area contributed by atoms with Gasteiger partial charge in [-0.05, 0) is 77.7 Å². The van der Waals surface area contributed by atoms with Gasteiger partial charge in [-0.1, -0.05) is 26.8 Å². The lowest BCUT2D eigenvalue weighted by Crippen LogP contribution is -2.41. The molecule has 1 aromatic carbocycles. The molecule has 1 atom stereocenters. The van der Waals surface area contributed by atoms with E-state index in [4.69, 9.17) is 23.3 Å². The van der Waals surface area contributed by atoms with Gasteiger partial charge in [-0.2, -0.15) is 5.06 Å². The Morgan fingerprint density at radius 1 is 1.17 bits per heavy atom. The lowest BCUT2D eigenvalue weighted by atomic mass is 9.78. The normalized spacial score (nSPS) is 18.5. The van der Waals surface area contributed by atoms with E-state index in [1.807, 2.05) is 34.6 Å². The first kappa shape index (κ1) is 29.8. The standard InChI is InChI=1S/C25H43BFNO6Si/c1-18(13-12-16-31-35(10,11)23(2,3)4)32-22(29)28(30-9)19-14-15-20(21(27)17-19)26-33-24(5,6)25(7,8)34-26/h14-15,17-18H,12-13,16H2,1-11H3. The van der Waals surface area contributed by atoms with E-state index in [0.717, 1.165) is 11.5 Å². The number of carbonyl (C=O) groups excluding carboxylic acids is 1. The molecule has 35 heavy (non-hydrogen) atoms. The first-order valence-corrected chi connectivity index (χ1v) is 15.2. The minimum absolute atomic E-state index is 0.150. The molecule has 0 bridgehead atoms. The predicted molar refractivity (Wildman–Crippen MR) is 140 cm³/mol. The zero-order valence-electron chi connectivity index (χ0n) is 23.3. The molecule has 1 aromatic rings. The molecular formula is C25H43BFNO6Si. The summed E-state index contributed by atoms with van der Waals surface area (Å²) < 4.78 is 38.6. The molecule has 1 amide bonds. The van der Waals surface area contributed by atoms with Crippen LogP contribution in [0.2, 0.25) is 18.1 Å². The summed E-state index contributed by atoms with van der Waals surface area (Å²) in [7, 11) is -1.31. The zero-order valence-corrected chi connectivity index (χ0v) is 24.3. The third-order valence-electron chi connectivity index (χ3n) is 7.40. The van der Waals surface area contributed by atoms with Gasteiger partial charge in [-0.15, -0.1) is 0 Å². The molecule has 1 fully saturated rings. The van der Waals surface area contributed by atoms with E-state index in [1.54, 1.807) is 6.07 Å². The summed E-state index contributed by atoms with van der Waals surface area (Å²) >= 11 is 0. The quantitative estimate of drug-likeness (QED) is 0.237. The number of hydroxylamine groups is 1. The van der Waals surface area contributed by atoms with Crippen LogP contribution in [0.5, 0.6) is 0 Å². The lowest BCUT2D eigenvalue weighted by molar-refractivity contribution is 0.00578. The van der Waals surface area contributed by atoms with Gasteiger partial charge < -0.3 is 18.5 Å². The van der Waals surface area contributed by atoms with Crippen LogP contribution in [0, 0.1) is 5.82 Å². The molecule has 198 valence electrons. The number of hydrogen-bond acceptors (Lipinski definition) is 6. The number of benzene rings is 1. The first-order chi connectivity index (χ1) is 15.9. The van der Waals surface area contributed by atoms with Crippen LogP contribution in [-0.4, -0.2) is 52.6 Å². The number of hydrogen-bond donors (Lipinski definition) is 0. The van der Waals surface area contributed by atoms with Gasteiger partial charge in [0.05, 0.1) is 24.0 Å². The average Bonchev–Trinajstić information content (AvgIpc) is 2.92. The van der Waals surface area contributed by atoms with Crippen molar-refractivity contribution >= 4 is 32.7 Å². The van der Waals surface area contributed by atoms with Crippen LogP contribution in [0.15, 0.2) is 18.2 Å². The van der Waals surface area contributed by atoms with Crippen LogP contribution in [0.25, 0.3) is 0 Å². The number of nitrogens with zero attached hydrogens (tertiary/aromatic N) is 1. The fourth-order valence-corrected chi connectivity index (χ4v) is 4.37. The van der Waals surface area contributed by atoms with Gasteiger partial charge in [0, 0.05) is 12.1 Å². The minimum Gasteiger partial charge on any atom is -0.445 e. The molecule has 7 nitrogen and oxygen atoms in total. The van der Waals surface area contributed by atoms with Gasteiger partial charge in [-0.25, -0.2) is 9.18 Å². The molecule has 1 aliphatic rings. The van der Waals surface area contributed by atoms with Crippen LogP contribution >= 0.6 is 0 Å². The SMILES string of the molecule is CON(C(=O)OC(C)CCCO[Si](C)(C)C(C)(C)C)c1ccc(B2OC(C)(C)C(C)(C)O2)c(F)c1. The molecule has 1 aliphatic heterocycles. The first-order valence-electron chi connectivity index (χ1n) is 12.3. The summed E-state index contributed by atoms with van der Waals surface area (Å²) in [6.45, 7) is 21.1. The molecule has 0 radical (unpaired) electrons. The average molecular weight is 512 g/mol. The Morgan fingerprint density at radius 2 is 1.74 bits per heavy atom. The van der Waals surface area contributed by atoms with Gasteiger partial charge in [-0.3, -0.25) is 4.84 Å². The number of rotatable bonds is 9. The second-order valence-corrected chi connectivity index (χ2v) is 16.5. The van der Waals surface area contributed by atoms with Crippen molar-refractivity contribution in [3.63, 3.8) is 0 Å². The third-order valence-corrected chi connectivity index (χ3v) is 11.9. The van der Waals surface area contributed by atoms with Crippen molar-refractivity contribution in [2.45, 2.75) is 104 Å². The van der Waals surface area contributed by atoms with Crippen molar-refractivity contribution in [3.05, 3.63) is 24.0 Å². The molecule has 1 heterocycles. The maximum absolute atomic E-state index is 15.0. The topological polar surface area (TPSA) is 66.5 Å². The molecule has 0 aromatic heterocycles. The van der Waals surface area contributed by atoms with E-state index in [1.165, 1.54) is 19.2 Å². The van der Waals surface area contributed by atoms with Crippen LogP contribution in [0.1, 0.15) is 68.2 Å². The predicted octanol–water partition coefficient (Wildman–Crippen LogP) is 5.82. The van der Waals surface area contributed by atoms with E-state index >= 15 is 4.39 Å². The lowest BCUT2D eigenvalue weighted by Gasteiger charge is -2.36. The summed E-state index contributed by atoms with van der Waals surface area (Å²) in [5, 5.41) is 1.08. The summed E-state index contributed by atoms with van der Waals surface area (Å²) in [6.07, 6.45) is 0.350. The van der Waals surface area contributed by atoms with E-state index < -0.39 is 38.5 Å². The highest BCUT2D eigenvalue weighted by atomic mass is 28.4. The molecule has 2 rings (SSSR count). The van der Waals surface area contributed by atoms with Crippen molar-refractivity contribution in [1.82, 2.24) is 0 Å². The number of halogens is 1. The van der Waals surface area contributed by atoms with Crippen molar-refractivity contribution in [1.29, 1.82) is 0 Å². The summed E-state index contributed by atoms with van der Waals surface area (Å²) in [4.78, 5) is 17.9. The Kier molecular flexibility index (Phi) is 9.26. The minimum atomic E-state index is -1.80. The molecule has 10 heteroatoms. The van der Waals surface area contributed by atoms with Crippen LogP contribution < -0.4 is 10.5 Å². The molecule has 0 saturated carbocycles. The van der Waals surface area contributed by atoms with Gasteiger partial charge >= 0.3 is 13.2 Å². The zero-order chi connectivity index (χ0) is 26.8. The van der Waals surface area contributed by atoms with Gasteiger partial charge in [0.15, 0.2) is 8.32 Å². The van der Waals surface area contributed by atoms with E-state index in [9.17, 15) is 4.79 Å². The highest BCUT2D eigenvalue weighted by Crippen LogP contribution is 2.37. The van der Waals surface area contributed by atoms with E-state index in [2.05, 4.69) is 33.9 Å². The Labute approximate surface area is 211 Å². The van der Waals surface area contributed by atoms with Crippen LogP contribution in [0.4, 0.5) is 14.9 Å². The van der Waals surface area contributed by atoms with Crippen molar-refractivity contribution in [2.75, 3.05) is 18.8 Å². The second kappa shape index (κ2) is 10.9. The van der Waals surface area contributed by atoms with Gasteiger partial charge in [0.1, 0.15) is 11.9 Å². The molecule has 0 spiro atoms. The van der Waals surface area contributed by atoms with Crippen molar-refractivity contribution in [3.8, 4) is 0 Å². The number of anilines is 1. The molecule has 0 N–H and O–H groups in total. The maximum Gasteiger partial charge on any atom is 0.497 e. The number of amides is 1. The van der Waals surface area contributed by atoms with Crippen LogP contribution in [0.3, 0.4) is 0 Å². The summed E-state index contributed by atoms with van der Waals surface area (Å²) in [5.41, 5.74) is -0.704. The number of carbonyl (C=O) groups is 1. The Balaban J connectivity index is 1.96. The Hall–Kier alpha value is -1.46. The van der Waals surface area contributed by atoms with Crippen molar-refractivity contribution in [2.24, 2.45) is 0 Å². The monoisotopic (exact) mass is 511 g/mol. The molecule has 0 aliphatic carbocycles. The second-order valence-electron chi connectivity index (χ2n) is 11.7. The van der Waals surface area contributed by atoms with E-state index in [-0.39, 0.29) is 22.3 Å². The highest BCUT2D eigenvalue weighted by molar-refractivity contribution is 6.74. The Morgan fingerprint density at radius 3 is 2.23 bits per heavy atom. The molecular weight excluding hydrogens is 468 g/mol. The van der Waals surface area contributed by atoms with E-state index in [0.29, 0.717) is 13.0 Å². The fraction of sp³-hybridized carbons (Fsp3) is 0.720. The van der Waals surface area contributed by atoms with Crippen LogP contribution in [-0.2, 0) is 23.3 Å². The summed E-state index contributed by atoms with van der Waals surface area (Å²) in [5.74, 6) is -0.563. The van der Waals surface area contributed by atoms with Crippen molar-refractivity contribution < 1.29 is 32.5 Å². The molecule has 1 unspecified atom stereocenters. The summed E-state index contributed by atoms with van der Waals surface area (Å²) in [6, 6.07) is 4.32. The van der Waals surface area contributed by atoms with Gasteiger partial charge in [0.25, 0.3) is 0 Å². The van der Waals surface area contributed by atoms with Gasteiger partial charge in [0.2, 0.25) is 0 Å². The Bertz CT molecular complexity index is 873.